The number of anilines is 1. The Bertz CT molecular complexity index is 465. The van der Waals surface area contributed by atoms with Gasteiger partial charge in [0.25, 0.3) is 5.69 Å². The van der Waals surface area contributed by atoms with E-state index in [1.54, 1.807) is 12.1 Å². The molecule has 19 heavy (non-hydrogen) atoms. The van der Waals surface area contributed by atoms with Crippen LogP contribution >= 0.6 is 11.6 Å². The quantitative estimate of drug-likeness (QED) is 0.682. The molecule has 1 aromatic rings. The smallest absolute Gasteiger partial charge is 0.294 e. The van der Waals surface area contributed by atoms with Crippen molar-refractivity contribution in [2.24, 2.45) is 5.92 Å². The molecular weight excluding hydrogens is 266 g/mol. The molecule has 1 N–H and O–H groups in total. The summed E-state index contributed by atoms with van der Waals surface area (Å²) in [4.78, 5) is 12.9. The average molecular weight is 284 g/mol. The number of piperidine rings is 1. The lowest BCUT2D eigenvalue weighted by Crippen LogP contribution is -2.39. The lowest BCUT2D eigenvalue weighted by molar-refractivity contribution is -0.384. The van der Waals surface area contributed by atoms with Crippen molar-refractivity contribution in [1.29, 1.82) is 0 Å². The summed E-state index contributed by atoms with van der Waals surface area (Å²) in [7, 11) is 1.93. The first-order valence-corrected chi connectivity index (χ1v) is 6.83. The van der Waals surface area contributed by atoms with E-state index in [0.717, 1.165) is 26.1 Å². The molecule has 1 unspecified atom stereocenters. The van der Waals surface area contributed by atoms with Crippen molar-refractivity contribution >= 4 is 23.0 Å². The lowest BCUT2D eigenvalue weighted by atomic mass is 9.97. The molecule has 5 nitrogen and oxygen atoms in total. The molecular formula is C13H18ClN3O2. The van der Waals surface area contributed by atoms with Crippen molar-refractivity contribution in [1.82, 2.24) is 5.32 Å². The van der Waals surface area contributed by atoms with E-state index in [1.165, 1.54) is 12.5 Å². The minimum atomic E-state index is -0.358. The molecule has 1 heterocycles. The van der Waals surface area contributed by atoms with Gasteiger partial charge in [-0.05, 0) is 44.5 Å². The van der Waals surface area contributed by atoms with E-state index in [9.17, 15) is 10.1 Å². The first kappa shape index (κ1) is 14.1. The average Bonchev–Trinajstić information content (AvgIpc) is 2.39. The third-order valence-electron chi connectivity index (χ3n) is 3.49. The molecule has 1 atom stereocenters. The monoisotopic (exact) mass is 283 g/mol. The van der Waals surface area contributed by atoms with Crippen LogP contribution in [0.1, 0.15) is 12.8 Å². The lowest BCUT2D eigenvalue weighted by Gasteiger charge is -2.34. The van der Waals surface area contributed by atoms with Crippen molar-refractivity contribution in [3.8, 4) is 0 Å². The summed E-state index contributed by atoms with van der Waals surface area (Å²) >= 11 is 5.85. The van der Waals surface area contributed by atoms with E-state index in [0.29, 0.717) is 16.6 Å². The molecule has 1 aliphatic heterocycles. The van der Waals surface area contributed by atoms with Crippen LogP contribution in [-0.2, 0) is 0 Å². The third-order valence-corrected chi connectivity index (χ3v) is 3.72. The number of nitro groups is 1. The normalized spacial score (nSPS) is 19.5. The molecule has 1 aromatic carbocycles. The minimum absolute atomic E-state index is 0.0950. The number of nitrogens with zero attached hydrogens (tertiary/aromatic N) is 2. The Morgan fingerprint density at radius 1 is 1.58 bits per heavy atom. The highest BCUT2D eigenvalue weighted by Crippen LogP contribution is 2.33. The van der Waals surface area contributed by atoms with Gasteiger partial charge in [0.2, 0.25) is 0 Å². The Balaban J connectivity index is 2.23. The Labute approximate surface area is 117 Å². The minimum Gasteiger partial charge on any atom is -0.366 e. The van der Waals surface area contributed by atoms with Crippen LogP contribution in [0.25, 0.3) is 0 Å². The van der Waals surface area contributed by atoms with Crippen LogP contribution < -0.4 is 10.2 Å². The van der Waals surface area contributed by atoms with E-state index in [-0.39, 0.29) is 10.6 Å². The van der Waals surface area contributed by atoms with Gasteiger partial charge in [-0.25, -0.2) is 0 Å². The standard InChI is InChI=1S/C13H18ClN3O2/c1-15-8-10-3-2-6-16(9-10)12-5-4-11(14)7-13(12)17(18)19/h4-5,7,10,15H,2-3,6,8-9H2,1H3. The van der Waals surface area contributed by atoms with Gasteiger partial charge >= 0.3 is 0 Å². The number of halogens is 1. The SMILES string of the molecule is CNCC1CCCN(c2ccc(Cl)cc2[N+](=O)[O-])C1. The molecule has 0 bridgehead atoms. The van der Waals surface area contributed by atoms with Crippen LogP contribution in [0.3, 0.4) is 0 Å². The molecule has 0 saturated carbocycles. The van der Waals surface area contributed by atoms with E-state index in [1.807, 2.05) is 7.05 Å². The maximum absolute atomic E-state index is 11.1. The molecule has 1 fully saturated rings. The molecule has 0 aliphatic carbocycles. The first-order chi connectivity index (χ1) is 9.11. The molecule has 0 radical (unpaired) electrons. The summed E-state index contributed by atoms with van der Waals surface area (Å²) in [6.45, 7) is 2.66. The van der Waals surface area contributed by atoms with E-state index < -0.39 is 0 Å². The highest BCUT2D eigenvalue weighted by Gasteiger charge is 2.25. The first-order valence-electron chi connectivity index (χ1n) is 6.45. The van der Waals surface area contributed by atoms with E-state index in [2.05, 4.69) is 10.2 Å². The summed E-state index contributed by atoms with van der Waals surface area (Å²) in [5, 5.41) is 14.7. The second kappa shape index (κ2) is 6.21. The fourth-order valence-corrected chi connectivity index (χ4v) is 2.82. The Hall–Kier alpha value is -1.33. The maximum Gasteiger partial charge on any atom is 0.294 e. The molecule has 2 rings (SSSR count). The predicted octanol–water partition coefficient (Wildman–Crippen LogP) is 2.68. The Morgan fingerprint density at radius 3 is 3.05 bits per heavy atom. The number of hydrogen-bond acceptors (Lipinski definition) is 4. The van der Waals surface area contributed by atoms with Gasteiger partial charge in [-0.1, -0.05) is 11.6 Å². The zero-order valence-electron chi connectivity index (χ0n) is 10.9. The molecule has 0 amide bonds. The highest BCUT2D eigenvalue weighted by atomic mass is 35.5. The topological polar surface area (TPSA) is 58.4 Å². The highest BCUT2D eigenvalue weighted by molar-refractivity contribution is 6.30. The van der Waals surface area contributed by atoms with Crippen molar-refractivity contribution in [2.45, 2.75) is 12.8 Å². The fraction of sp³-hybridized carbons (Fsp3) is 0.538. The van der Waals surface area contributed by atoms with Gasteiger partial charge in [0, 0.05) is 24.2 Å². The van der Waals surface area contributed by atoms with Crippen LogP contribution in [0.15, 0.2) is 18.2 Å². The summed E-state index contributed by atoms with van der Waals surface area (Å²) in [6.07, 6.45) is 2.23. The summed E-state index contributed by atoms with van der Waals surface area (Å²) in [5.74, 6) is 0.536. The van der Waals surface area contributed by atoms with Crippen LogP contribution in [-0.4, -0.2) is 31.6 Å². The second-order valence-electron chi connectivity index (χ2n) is 4.90. The zero-order chi connectivity index (χ0) is 13.8. The fourth-order valence-electron chi connectivity index (χ4n) is 2.65. The van der Waals surface area contributed by atoms with Crippen LogP contribution in [0.2, 0.25) is 5.02 Å². The number of rotatable bonds is 4. The van der Waals surface area contributed by atoms with Crippen molar-refractivity contribution in [3.63, 3.8) is 0 Å². The van der Waals surface area contributed by atoms with Gasteiger partial charge in [-0.2, -0.15) is 0 Å². The largest absolute Gasteiger partial charge is 0.366 e. The molecule has 1 aliphatic rings. The summed E-state index contributed by atoms with van der Waals surface area (Å²) < 4.78 is 0. The molecule has 104 valence electrons. The predicted molar refractivity (Wildman–Crippen MR) is 77.0 cm³/mol. The van der Waals surface area contributed by atoms with Crippen molar-refractivity contribution in [3.05, 3.63) is 33.3 Å². The van der Waals surface area contributed by atoms with Gasteiger partial charge in [-0.3, -0.25) is 10.1 Å². The maximum atomic E-state index is 11.1. The van der Waals surface area contributed by atoms with Crippen LogP contribution in [0.4, 0.5) is 11.4 Å². The van der Waals surface area contributed by atoms with Gasteiger partial charge in [0.15, 0.2) is 0 Å². The van der Waals surface area contributed by atoms with Gasteiger partial charge in [0.1, 0.15) is 5.69 Å². The van der Waals surface area contributed by atoms with Crippen molar-refractivity contribution < 1.29 is 4.92 Å². The molecule has 1 saturated heterocycles. The third kappa shape index (κ3) is 3.36. The van der Waals surface area contributed by atoms with Gasteiger partial charge in [-0.15, -0.1) is 0 Å². The number of benzene rings is 1. The van der Waals surface area contributed by atoms with Gasteiger partial charge < -0.3 is 10.2 Å². The number of nitro benzene ring substituents is 1. The molecule has 6 heteroatoms. The number of nitrogens with one attached hydrogen (secondary N) is 1. The summed E-state index contributed by atoms with van der Waals surface area (Å²) in [6, 6.07) is 4.90. The second-order valence-corrected chi connectivity index (χ2v) is 5.34. The molecule has 0 spiro atoms. The Kier molecular flexibility index (Phi) is 4.61. The van der Waals surface area contributed by atoms with Gasteiger partial charge in [0.05, 0.1) is 4.92 Å². The Morgan fingerprint density at radius 2 is 2.37 bits per heavy atom. The van der Waals surface area contributed by atoms with Crippen molar-refractivity contribution in [2.75, 3.05) is 31.6 Å². The van der Waals surface area contributed by atoms with E-state index in [4.69, 9.17) is 11.6 Å². The van der Waals surface area contributed by atoms with Crippen LogP contribution in [0.5, 0.6) is 0 Å². The molecule has 0 aromatic heterocycles. The number of hydrogen-bond donors (Lipinski definition) is 1. The van der Waals surface area contributed by atoms with Crippen LogP contribution in [0, 0.1) is 16.0 Å². The summed E-state index contributed by atoms with van der Waals surface area (Å²) in [5.41, 5.74) is 0.771. The van der Waals surface area contributed by atoms with E-state index >= 15 is 0 Å². The zero-order valence-corrected chi connectivity index (χ0v) is 11.7.